The lowest BCUT2D eigenvalue weighted by Gasteiger charge is -2.28. The van der Waals surface area contributed by atoms with Crippen LogP contribution in [0.15, 0.2) is 60.2 Å². The largest absolute Gasteiger partial charge is 0.507 e. The van der Waals surface area contributed by atoms with E-state index in [1.165, 1.54) is 24.1 Å². The Kier molecular flexibility index (Phi) is 7.35. The standard InChI is InChI=1S/C29H26Cl3NO4/c1-15-12-18(30)10-11-22(15)33-24(16-6-8-17(9-7-16)29(2,3)4)23(26(35)28(33)36)25(34)20-13-19(31)14-21(32)27(20)37-5/h6-14,24,34H,1-5H3/b25-23+. The molecule has 5 nitrogen and oxygen atoms in total. The Hall–Kier alpha value is -2.99. The summed E-state index contributed by atoms with van der Waals surface area (Å²) in [5.41, 5.74) is 2.86. The molecule has 1 aliphatic rings. The fourth-order valence-corrected chi connectivity index (χ4v) is 5.34. The predicted molar refractivity (Wildman–Crippen MR) is 149 cm³/mol. The Bertz CT molecular complexity index is 1440. The van der Waals surface area contributed by atoms with E-state index in [1.807, 2.05) is 24.3 Å². The molecule has 8 heteroatoms. The van der Waals surface area contributed by atoms with Gasteiger partial charge in [0.2, 0.25) is 0 Å². The maximum Gasteiger partial charge on any atom is 0.300 e. The molecular formula is C29H26Cl3NO4. The summed E-state index contributed by atoms with van der Waals surface area (Å²) in [5.74, 6) is -1.91. The van der Waals surface area contributed by atoms with Crippen molar-refractivity contribution in [3.63, 3.8) is 0 Å². The van der Waals surface area contributed by atoms with Gasteiger partial charge in [-0.1, -0.05) is 79.8 Å². The molecule has 0 bridgehead atoms. The van der Waals surface area contributed by atoms with E-state index in [2.05, 4.69) is 20.8 Å². The van der Waals surface area contributed by atoms with E-state index in [4.69, 9.17) is 39.5 Å². The molecule has 0 aromatic heterocycles. The van der Waals surface area contributed by atoms with Crippen molar-refractivity contribution >= 4 is 57.9 Å². The van der Waals surface area contributed by atoms with Gasteiger partial charge in [0.05, 0.1) is 29.3 Å². The molecule has 37 heavy (non-hydrogen) atoms. The summed E-state index contributed by atoms with van der Waals surface area (Å²) in [6.45, 7) is 8.10. The van der Waals surface area contributed by atoms with Crippen molar-refractivity contribution in [1.29, 1.82) is 0 Å². The van der Waals surface area contributed by atoms with Gasteiger partial charge in [-0.25, -0.2) is 0 Å². The van der Waals surface area contributed by atoms with Crippen LogP contribution < -0.4 is 9.64 Å². The molecule has 1 unspecified atom stereocenters. The number of methoxy groups -OCH3 is 1. The summed E-state index contributed by atoms with van der Waals surface area (Å²) >= 11 is 18.7. The fourth-order valence-electron chi connectivity index (χ4n) is 4.54. The third kappa shape index (κ3) is 4.96. The molecule has 1 atom stereocenters. The van der Waals surface area contributed by atoms with Crippen LogP contribution in [0.1, 0.15) is 49.1 Å². The Balaban J connectivity index is 2.01. The van der Waals surface area contributed by atoms with Gasteiger partial charge in [-0.3, -0.25) is 14.5 Å². The highest BCUT2D eigenvalue weighted by Gasteiger charge is 2.47. The molecule has 1 heterocycles. The molecule has 0 aliphatic carbocycles. The van der Waals surface area contributed by atoms with E-state index >= 15 is 0 Å². The number of benzene rings is 3. The van der Waals surface area contributed by atoms with Gasteiger partial charge in [-0.2, -0.15) is 0 Å². The summed E-state index contributed by atoms with van der Waals surface area (Å²) < 4.78 is 5.40. The van der Waals surface area contributed by atoms with Crippen LogP contribution in [0.5, 0.6) is 5.75 Å². The van der Waals surface area contributed by atoms with E-state index in [1.54, 1.807) is 25.1 Å². The molecule has 3 aromatic rings. The molecule has 1 saturated heterocycles. The minimum Gasteiger partial charge on any atom is -0.507 e. The van der Waals surface area contributed by atoms with Crippen LogP contribution >= 0.6 is 34.8 Å². The number of carbonyl (C=O) groups excluding carboxylic acids is 2. The molecule has 4 rings (SSSR count). The molecule has 3 aromatic carbocycles. The number of ether oxygens (including phenoxy) is 1. The van der Waals surface area contributed by atoms with Gasteiger partial charge < -0.3 is 9.84 Å². The second kappa shape index (κ2) is 10.1. The topological polar surface area (TPSA) is 66.8 Å². The molecular weight excluding hydrogens is 533 g/mol. The van der Waals surface area contributed by atoms with E-state index < -0.39 is 23.5 Å². The van der Waals surface area contributed by atoms with Gasteiger partial charge in [-0.15, -0.1) is 0 Å². The highest BCUT2D eigenvalue weighted by molar-refractivity contribution is 6.52. The Morgan fingerprint density at radius 3 is 2.16 bits per heavy atom. The SMILES string of the molecule is COc1c(Cl)cc(Cl)cc1/C(O)=C1\C(=O)C(=O)N(c2ccc(Cl)cc2C)C1c1ccc(C(C)(C)C)cc1. The highest BCUT2D eigenvalue weighted by atomic mass is 35.5. The molecule has 0 spiro atoms. The van der Waals surface area contributed by atoms with E-state index in [9.17, 15) is 14.7 Å². The first kappa shape index (κ1) is 27.1. The number of carbonyl (C=O) groups is 2. The number of hydrogen-bond acceptors (Lipinski definition) is 4. The van der Waals surface area contributed by atoms with E-state index in [-0.39, 0.29) is 32.3 Å². The summed E-state index contributed by atoms with van der Waals surface area (Å²) in [5, 5.41) is 12.4. The number of amides is 1. The van der Waals surface area contributed by atoms with Crippen LogP contribution in [0.25, 0.3) is 5.76 Å². The zero-order chi connectivity index (χ0) is 27.2. The first-order chi connectivity index (χ1) is 17.3. The van der Waals surface area contributed by atoms with Crippen molar-refractivity contribution in [3.05, 3.63) is 97.5 Å². The number of aliphatic hydroxyl groups is 1. The fraction of sp³-hybridized carbons (Fsp3) is 0.241. The molecule has 1 aliphatic heterocycles. The second-order valence-electron chi connectivity index (χ2n) is 9.94. The average Bonchev–Trinajstić information content (AvgIpc) is 3.08. The molecule has 1 amide bonds. The summed E-state index contributed by atoms with van der Waals surface area (Å²) in [6, 6.07) is 14.7. The van der Waals surface area contributed by atoms with Gasteiger partial charge in [0.1, 0.15) is 11.5 Å². The van der Waals surface area contributed by atoms with Gasteiger partial charge in [0.25, 0.3) is 11.7 Å². The van der Waals surface area contributed by atoms with Crippen molar-refractivity contribution in [3.8, 4) is 5.75 Å². The number of halogens is 3. The summed E-state index contributed by atoms with van der Waals surface area (Å²) in [7, 11) is 1.39. The lowest BCUT2D eigenvalue weighted by molar-refractivity contribution is -0.132. The van der Waals surface area contributed by atoms with Gasteiger partial charge in [-0.05, 0) is 59.4 Å². The minimum absolute atomic E-state index is 0.0977. The number of rotatable bonds is 4. The van der Waals surface area contributed by atoms with Crippen molar-refractivity contribution in [2.24, 2.45) is 0 Å². The number of Topliss-reactive ketones (excluding diaryl/α,β-unsaturated/α-hetero) is 1. The molecule has 192 valence electrons. The monoisotopic (exact) mass is 557 g/mol. The number of ketones is 1. The van der Waals surface area contributed by atoms with Gasteiger partial charge in [0.15, 0.2) is 0 Å². The first-order valence-corrected chi connectivity index (χ1v) is 12.7. The quantitative estimate of drug-likeness (QED) is 0.201. The van der Waals surface area contributed by atoms with E-state index in [0.717, 1.165) is 5.56 Å². The normalized spacial score (nSPS) is 17.4. The second-order valence-corrected chi connectivity index (χ2v) is 11.2. The number of hydrogen-bond donors (Lipinski definition) is 1. The predicted octanol–water partition coefficient (Wildman–Crippen LogP) is 7.89. The van der Waals surface area contributed by atoms with Gasteiger partial charge >= 0.3 is 0 Å². The molecule has 0 saturated carbocycles. The molecule has 1 fully saturated rings. The minimum atomic E-state index is -0.920. The first-order valence-electron chi connectivity index (χ1n) is 11.6. The number of nitrogens with zero attached hydrogens (tertiary/aromatic N) is 1. The van der Waals surface area contributed by atoms with Crippen LogP contribution in [0.2, 0.25) is 15.1 Å². The highest BCUT2D eigenvalue weighted by Crippen LogP contribution is 2.46. The third-order valence-corrected chi connectivity index (χ3v) is 7.16. The van der Waals surface area contributed by atoms with Crippen LogP contribution in [0.3, 0.4) is 0 Å². The van der Waals surface area contributed by atoms with Crippen molar-refractivity contribution in [2.75, 3.05) is 12.0 Å². The Labute approximate surface area is 231 Å². The zero-order valence-electron chi connectivity index (χ0n) is 21.0. The third-order valence-electron chi connectivity index (χ3n) is 6.42. The van der Waals surface area contributed by atoms with Crippen LogP contribution in [0.4, 0.5) is 5.69 Å². The zero-order valence-corrected chi connectivity index (χ0v) is 23.3. The van der Waals surface area contributed by atoms with Crippen LogP contribution in [-0.2, 0) is 15.0 Å². The average molecular weight is 559 g/mol. The van der Waals surface area contributed by atoms with Gasteiger partial charge in [0, 0.05) is 15.7 Å². The van der Waals surface area contributed by atoms with Crippen LogP contribution in [0, 0.1) is 6.92 Å². The maximum atomic E-state index is 13.5. The molecule has 0 radical (unpaired) electrons. The van der Waals surface area contributed by atoms with E-state index in [0.29, 0.717) is 21.8 Å². The smallest absolute Gasteiger partial charge is 0.300 e. The van der Waals surface area contributed by atoms with Crippen molar-refractivity contribution < 1.29 is 19.4 Å². The summed E-state index contributed by atoms with van der Waals surface area (Å²) in [6.07, 6.45) is 0. The number of anilines is 1. The van der Waals surface area contributed by atoms with Crippen molar-refractivity contribution in [2.45, 2.75) is 39.2 Å². The maximum absolute atomic E-state index is 13.5. The lowest BCUT2D eigenvalue weighted by Crippen LogP contribution is -2.30. The van der Waals surface area contributed by atoms with Crippen LogP contribution in [-0.4, -0.2) is 23.9 Å². The number of aryl methyl sites for hydroxylation is 1. The number of aliphatic hydroxyl groups excluding tert-OH is 1. The Morgan fingerprint density at radius 2 is 1.59 bits per heavy atom. The summed E-state index contributed by atoms with van der Waals surface area (Å²) in [4.78, 5) is 28.4. The van der Waals surface area contributed by atoms with Crippen molar-refractivity contribution in [1.82, 2.24) is 0 Å². The Morgan fingerprint density at radius 1 is 0.946 bits per heavy atom. The molecule has 1 N–H and O–H groups in total. The lowest BCUT2D eigenvalue weighted by atomic mass is 9.85.